The molecule has 1 atom stereocenters. The van der Waals surface area contributed by atoms with Crippen LogP contribution in [0.1, 0.15) is 26.2 Å². The molecule has 0 aliphatic rings. The van der Waals surface area contributed by atoms with E-state index in [0.29, 0.717) is 19.4 Å². The number of rotatable bonds is 9. The Morgan fingerprint density at radius 2 is 1.90 bits per heavy atom. The maximum Gasteiger partial charge on any atom is 0.320 e. The topological polar surface area (TPSA) is 72.8 Å². The van der Waals surface area contributed by atoms with Crippen molar-refractivity contribution < 1.29 is 24.2 Å². The van der Waals surface area contributed by atoms with Gasteiger partial charge in [0.05, 0.1) is 13.2 Å². The number of aliphatic carboxylic acids is 1. The van der Waals surface area contributed by atoms with Crippen LogP contribution in [0.15, 0.2) is 30.3 Å². The van der Waals surface area contributed by atoms with E-state index in [0.717, 1.165) is 5.75 Å². The van der Waals surface area contributed by atoms with Crippen LogP contribution < -0.4 is 4.74 Å². The third-order valence-corrected chi connectivity index (χ3v) is 2.77. The summed E-state index contributed by atoms with van der Waals surface area (Å²) in [7, 11) is 0. The second kappa shape index (κ2) is 8.96. The van der Waals surface area contributed by atoms with Crippen molar-refractivity contribution in [3.8, 4) is 5.75 Å². The maximum absolute atomic E-state index is 11.4. The minimum absolute atomic E-state index is 0.194. The van der Waals surface area contributed by atoms with E-state index in [1.165, 1.54) is 0 Å². The molecule has 0 radical (unpaired) electrons. The van der Waals surface area contributed by atoms with Crippen LogP contribution in [0.3, 0.4) is 0 Å². The first-order chi connectivity index (χ1) is 9.65. The number of unbranched alkanes of at least 4 members (excludes halogenated alkanes) is 1. The molecule has 5 nitrogen and oxygen atoms in total. The number of para-hydroxylation sites is 1. The normalized spacial score (nSPS) is 11.7. The first-order valence-corrected chi connectivity index (χ1v) is 6.72. The molecule has 0 aliphatic carbocycles. The molecule has 1 N–H and O–H groups in total. The highest BCUT2D eigenvalue weighted by atomic mass is 16.5. The van der Waals surface area contributed by atoms with E-state index < -0.39 is 17.9 Å². The molecule has 20 heavy (non-hydrogen) atoms. The molecule has 0 saturated carbocycles. The molecule has 0 aromatic heterocycles. The van der Waals surface area contributed by atoms with Crippen LogP contribution in [0, 0.1) is 5.92 Å². The average molecular weight is 280 g/mol. The van der Waals surface area contributed by atoms with E-state index in [4.69, 9.17) is 14.6 Å². The number of carbonyl (C=O) groups excluding carboxylic acids is 1. The minimum Gasteiger partial charge on any atom is -0.494 e. The Morgan fingerprint density at radius 1 is 1.20 bits per heavy atom. The predicted molar refractivity (Wildman–Crippen MR) is 73.5 cm³/mol. The molecule has 110 valence electrons. The van der Waals surface area contributed by atoms with E-state index in [1.54, 1.807) is 6.92 Å². The molecule has 1 rings (SSSR count). The van der Waals surface area contributed by atoms with Crippen molar-refractivity contribution in [2.24, 2.45) is 5.92 Å². The van der Waals surface area contributed by atoms with Crippen molar-refractivity contribution in [3.63, 3.8) is 0 Å². The minimum atomic E-state index is -1.13. The lowest BCUT2D eigenvalue weighted by molar-refractivity contribution is -0.158. The molecule has 5 heteroatoms. The van der Waals surface area contributed by atoms with Crippen LogP contribution in [-0.4, -0.2) is 30.3 Å². The fourth-order valence-electron chi connectivity index (χ4n) is 1.74. The number of carboxylic acid groups (broad SMARTS) is 1. The van der Waals surface area contributed by atoms with Gasteiger partial charge in [0, 0.05) is 0 Å². The van der Waals surface area contributed by atoms with E-state index >= 15 is 0 Å². The Hall–Kier alpha value is -2.04. The van der Waals surface area contributed by atoms with Gasteiger partial charge in [-0.05, 0) is 38.3 Å². The summed E-state index contributed by atoms with van der Waals surface area (Å²) in [5, 5.41) is 8.97. The predicted octanol–water partition coefficient (Wildman–Crippen LogP) is 2.50. The highest BCUT2D eigenvalue weighted by molar-refractivity contribution is 5.93. The zero-order chi connectivity index (χ0) is 14.8. The molecule has 0 heterocycles. The number of esters is 1. The van der Waals surface area contributed by atoms with E-state index in [-0.39, 0.29) is 13.0 Å². The zero-order valence-corrected chi connectivity index (χ0v) is 11.6. The number of carbonyl (C=O) groups is 2. The monoisotopic (exact) mass is 280 g/mol. The summed E-state index contributed by atoms with van der Waals surface area (Å²) in [6.45, 7) is 2.35. The summed E-state index contributed by atoms with van der Waals surface area (Å²) < 4.78 is 10.2. The zero-order valence-electron chi connectivity index (χ0n) is 11.6. The van der Waals surface area contributed by atoms with Gasteiger partial charge in [0.2, 0.25) is 0 Å². The van der Waals surface area contributed by atoms with Gasteiger partial charge >= 0.3 is 11.9 Å². The number of hydrogen-bond donors (Lipinski definition) is 1. The first kappa shape index (κ1) is 16.0. The molecule has 0 amide bonds. The number of ether oxygens (including phenoxy) is 2. The van der Waals surface area contributed by atoms with Crippen LogP contribution in [0.4, 0.5) is 0 Å². The molecule has 0 saturated heterocycles. The molecular formula is C15H20O5. The van der Waals surface area contributed by atoms with E-state index in [2.05, 4.69) is 0 Å². The first-order valence-electron chi connectivity index (χ1n) is 6.72. The largest absolute Gasteiger partial charge is 0.494 e. The van der Waals surface area contributed by atoms with Crippen LogP contribution >= 0.6 is 0 Å². The lowest BCUT2D eigenvalue weighted by Crippen LogP contribution is -2.26. The molecule has 0 spiro atoms. The summed E-state index contributed by atoms with van der Waals surface area (Å²) >= 11 is 0. The van der Waals surface area contributed by atoms with Crippen LogP contribution in [-0.2, 0) is 14.3 Å². The molecular weight excluding hydrogens is 260 g/mol. The van der Waals surface area contributed by atoms with Gasteiger partial charge in [0.25, 0.3) is 0 Å². The Morgan fingerprint density at radius 3 is 2.50 bits per heavy atom. The summed E-state index contributed by atoms with van der Waals surface area (Å²) in [6.07, 6.45) is 1.56. The molecule has 0 aliphatic heterocycles. The third-order valence-electron chi connectivity index (χ3n) is 2.77. The smallest absolute Gasteiger partial charge is 0.320 e. The summed E-state index contributed by atoms with van der Waals surface area (Å²) in [6, 6.07) is 9.40. The van der Waals surface area contributed by atoms with Gasteiger partial charge in [-0.25, -0.2) is 0 Å². The Balaban J connectivity index is 2.24. The van der Waals surface area contributed by atoms with Crippen molar-refractivity contribution in [2.75, 3.05) is 13.2 Å². The summed E-state index contributed by atoms with van der Waals surface area (Å²) in [5.74, 6) is -2.09. The number of benzene rings is 1. The Labute approximate surface area is 118 Å². The van der Waals surface area contributed by atoms with Gasteiger partial charge < -0.3 is 14.6 Å². The van der Waals surface area contributed by atoms with Crippen LogP contribution in [0.2, 0.25) is 0 Å². The Bertz CT molecular complexity index is 416. The van der Waals surface area contributed by atoms with Gasteiger partial charge in [-0.15, -0.1) is 0 Å². The molecule has 0 fully saturated rings. The van der Waals surface area contributed by atoms with E-state index in [1.807, 2.05) is 30.3 Å². The maximum atomic E-state index is 11.4. The van der Waals surface area contributed by atoms with Crippen molar-refractivity contribution >= 4 is 11.9 Å². The molecule has 1 aromatic carbocycles. The van der Waals surface area contributed by atoms with Crippen LogP contribution in [0.5, 0.6) is 5.75 Å². The molecule has 1 unspecified atom stereocenters. The van der Waals surface area contributed by atoms with Crippen molar-refractivity contribution in [1.82, 2.24) is 0 Å². The lowest BCUT2D eigenvalue weighted by atomic mass is 10.0. The highest BCUT2D eigenvalue weighted by Crippen LogP contribution is 2.13. The average Bonchev–Trinajstić information content (AvgIpc) is 2.43. The molecule has 1 aromatic rings. The number of hydrogen-bond acceptors (Lipinski definition) is 4. The van der Waals surface area contributed by atoms with Gasteiger partial charge in [0.1, 0.15) is 5.75 Å². The van der Waals surface area contributed by atoms with Crippen molar-refractivity contribution in [1.29, 1.82) is 0 Å². The SMILES string of the molecule is CCOC(=O)C(CCCCOc1ccccc1)C(=O)O. The number of carboxylic acids is 1. The fraction of sp³-hybridized carbons (Fsp3) is 0.467. The van der Waals surface area contributed by atoms with Gasteiger partial charge in [-0.1, -0.05) is 18.2 Å². The van der Waals surface area contributed by atoms with Gasteiger partial charge in [-0.3, -0.25) is 9.59 Å². The third kappa shape index (κ3) is 5.73. The molecule has 0 bridgehead atoms. The van der Waals surface area contributed by atoms with Gasteiger partial charge in [-0.2, -0.15) is 0 Å². The summed E-state index contributed by atoms with van der Waals surface area (Å²) in [4.78, 5) is 22.4. The lowest BCUT2D eigenvalue weighted by Gasteiger charge is -2.11. The summed E-state index contributed by atoms with van der Waals surface area (Å²) in [5.41, 5.74) is 0. The standard InChI is InChI=1S/C15H20O5/c1-2-19-15(18)13(14(16)17)10-6-7-11-20-12-8-4-3-5-9-12/h3-5,8-9,13H,2,6-7,10-11H2,1H3,(H,16,17). The highest BCUT2D eigenvalue weighted by Gasteiger charge is 2.26. The van der Waals surface area contributed by atoms with Crippen LogP contribution in [0.25, 0.3) is 0 Å². The van der Waals surface area contributed by atoms with Gasteiger partial charge in [0.15, 0.2) is 5.92 Å². The Kier molecular flexibility index (Phi) is 7.17. The quantitative estimate of drug-likeness (QED) is 0.427. The van der Waals surface area contributed by atoms with Crippen molar-refractivity contribution in [2.45, 2.75) is 26.2 Å². The van der Waals surface area contributed by atoms with Crippen molar-refractivity contribution in [3.05, 3.63) is 30.3 Å². The second-order valence-electron chi connectivity index (χ2n) is 4.30. The van der Waals surface area contributed by atoms with E-state index in [9.17, 15) is 9.59 Å². The second-order valence-corrected chi connectivity index (χ2v) is 4.30. The fourth-order valence-corrected chi connectivity index (χ4v) is 1.74.